The maximum atomic E-state index is 13.1. The molecule has 0 amide bonds. The average molecular weight is 531 g/mol. The number of hydrogen-bond acceptors (Lipinski definition) is 6. The van der Waals surface area contributed by atoms with Crippen molar-refractivity contribution in [3.63, 3.8) is 0 Å². The number of hydrogen-bond donors (Lipinski definition) is 3. The average Bonchev–Trinajstić information content (AvgIpc) is 3.26. The molecule has 0 aromatic carbocycles. The summed E-state index contributed by atoms with van der Waals surface area (Å²) in [7, 11) is 0. The monoisotopic (exact) mass is 530 g/mol. The summed E-state index contributed by atoms with van der Waals surface area (Å²) in [6.07, 6.45) is 15.2. The van der Waals surface area contributed by atoms with E-state index >= 15 is 0 Å². The van der Waals surface area contributed by atoms with E-state index in [0.717, 1.165) is 19.3 Å². The molecule has 214 valence electrons. The van der Waals surface area contributed by atoms with Gasteiger partial charge in [-0.25, -0.2) is 0 Å². The van der Waals surface area contributed by atoms with Gasteiger partial charge in [0, 0.05) is 36.0 Å². The zero-order valence-electron chi connectivity index (χ0n) is 24.2. The van der Waals surface area contributed by atoms with Crippen LogP contribution < -0.4 is 0 Å². The maximum absolute atomic E-state index is 13.1. The van der Waals surface area contributed by atoms with Gasteiger partial charge >= 0.3 is 5.97 Å². The molecule has 38 heavy (non-hydrogen) atoms. The lowest BCUT2D eigenvalue weighted by Crippen LogP contribution is -2.61. The molecule has 0 bridgehead atoms. The Morgan fingerprint density at radius 2 is 1.63 bits per heavy atom. The molecule has 3 N–H and O–H groups in total. The molecule has 0 heterocycles. The van der Waals surface area contributed by atoms with E-state index in [1.54, 1.807) is 13.0 Å². The minimum Gasteiger partial charge on any atom is -0.458 e. The van der Waals surface area contributed by atoms with Crippen LogP contribution in [0.4, 0.5) is 0 Å². The number of ketones is 1. The first-order chi connectivity index (χ1) is 17.9. The van der Waals surface area contributed by atoms with Crippen molar-refractivity contribution in [3.05, 3.63) is 23.3 Å². The third-order valence-corrected chi connectivity index (χ3v) is 10.7. The molecule has 0 unspecified atom stereocenters. The fourth-order valence-corrected chi connectivity index (χ4v) is 8.43. The van der Waals surface area contributed by atoms with E-state index < -0.39 is 28.6 Å². The predicted molar refractivity (Wildman–Crippen MR) is 147 cm³/mol. The number of rotatable bonds is 12. The first-order valence-electron chi connectivity index (χ1n) is 15.1. The minimum atomic E-state index is -1.76. The number of carbonyl (C=O) groups excluding carboxylic acids is 2. The Morgan fingerprint density at radius 1 is 1.03 bits per heavy atom. The van der Waals surface area contributed by atoms with Gasteiger partial charge in [-0.15, -0.1) is 0 Å². The summed E-state index contributed by atoms with van der Waals surface area (Å²) < 4.78 is 6.31. The molecule has 2 saturated carbocycles. The number of aliphatic hydroxyl groups is 3. The van der Waals surface area contributed by atoms with Crippen molar-refractivity contribution < 1.29 is 29.6 Å². The molecule has 4 aliphatic rings. The zero-order chi connectivity index (χ0) is 27.9. The second kappa shape index (κ2) is 10.8. The third kappa shape index (κ3) is 4.62. The number of aliphatic hydroxyl groups excluding tert-OH is 1. The quantitative estimate of drug-likeness (QED) is 0.177. The molecule has 0 aromatic rings. The van der Waals surface area contributed by atoms with Crippen LogP contribution in [0.15, 0.2) is 23.3 Å². The van der Waals surface area contributed by atoms with Crippen LogP contribution >= 0.6 is 0 Å². The molecule has 2 fully saturated rings. The molecule has 6 heteroatoms. The van der Waals surface area contributed by atoms with Crippen LogP contribution in [0.25, 0.3) is 0 Å². The molecule has 0 spiro atoms. The molecule has 0 saturated heterocycles. The fourth-order valence-electron chi connectivity index (χ4n) is 8.43. The third-order valence-electron chi connectivity index (χ3n) is 10.7. The van der Waals surface area contributed by atoms with Crippen molar-refractivity contribution >= 4 is 11.8 Å². The van der Waals surface area contributed by atoms with Gasteiger partial charge in [0.2, 0.25) is 0 Å². The topological polar surface area (TPSA) is 104 Å². The van der Waals surface area contributed by atoms with E-state index in [2.05, 4.69) is 20.8 Å². The Bertz CT molecular complexity index is 980. The van der Waals surface area contributed by atoms with Crippen LogP contribution in [-0.2, 0) is 14.3 Å². The summed E-state index contributed by atoms with van der Waals surface area (Å²) in [5.74, 6) is -2.25. The molecule has 0 aliphatic heterocycles. The number of carbonyl (C=O) groups is 2. The SMILES string of the molecule is CCCCCCCCCCCC(=O)O[C@]12C[C@H](C)[C@]3(O)[C@H](C=C(CO)C[C@]4(O)C(=O)C(C)=C[C@H]34)[C@H]1C2(C)C. The summed E-state index contributed by atoms with van der Waals surface area (Å²) in [4.78, 5) is 26.1. The molecule has 4 rings (SSSR count). The van der Waals surface area contributed by atoms with Gasteiger partial charge < -0.3 is 20.1 Å². The Balaban J connectivity index is 1.45. The summed E-state index contributed by atoms with van der Waals surface area (Å²) in [5, 5.41) is 34.1. The van der Waals surface area contributed by atoms with E-state index in [0.29, 0.717) is 24.0 Å². The van der Waals surface area contributed by atoms with Gasteiger partial charge in [-0.3, -0.25) is 9.59 Å². The number of ether oxygens (including phenoxy) is 1. The van der Waals surface area contributed by atoms with Gasteiger partial charge in [-0.2, -0.15) is 0 Å². The van der Waals surface area contributed by atoms with E-state index in [4.69, 9.17) is 4.74 Å². The number of unbranched alkanes of at least 4 members (excludes halogenated alkanes) is 8. The maximum Gasteiger partial charge on any atom is 0.306 e. The highest BCUT2D eigenvalue weighted by Gasteiger charge is 2.83. The molecule has 0 radical (unpaired) electrons. The first-order valence-corrected chi connectivity index (χ1v) is 15.1. The lowest BCUT2D eigenvalue weighted by Gasteiger charge is -2.50. The second-order valence-corrected chi connectivity index (χ2v) is 13.4. The molecular weight excluding hydrogens is 480 g/mol. The van der Waals surface area contributed by atoms with Gasteiger partial charge in [-0.05, 0) is 36.8 Å². The summed E-state index contributed by atoms with van der Waals surface area (Å²) in [6, 6.07) is 0. The highest BCUT2D eigenvalue weighted by atomic mass is 16.6. The number of esters is 1. The molecular formula is C32H50O6. The largest absolute Gasteiger partial charge is 0.458 e. The van der Waals surface area contributed by atoms with Crippen LogP contribution in [0.3, 0.4) is 0 Å². The van der Waals surface area contributed by atoms with E-state index in [1.165, 1.54) is 38.5 Å². The lowest BCUT2D eigenvalue weighted by molar-refractivity contribution is -0.187. The fraction of sp³-hybridized carbons (Fsp3) is 0.812. The van der Waals surface area contributed by atoms with Crippen molar-refractivity contribution in [3.8, 4) is 0 Å². The van der Waals surface area contributed by atoms with Crippen molar-refractivity contribution in [2.45, 2.75) is 128 Å². The second-order valence-electron chi connectivity index (χ2n) is 13.4. The Morgan fingerprint density at radius 3 is 2.24 bits per heavy atom. The molecule has 6 nitrogen and oxygen atoms in total. The van der Waals surface area contributed by atoms with Crippen LogP contribution in [0.5, 0.6) is 0 Å². The first kappa shape index (κ1) is 29.5. The summed E-state index contributed by atoms with van der Waals surface area (Å²) >= 11 is 0. The van der Waals surface area contributed by atoms with Gasteiger partial charge in [0.05, 0.1) is 12.2 Å². The van der Waals surface area contributed by atoms with Gasteiger partial charge in [-0.1, -0.05) is 91.2 Å². The smallest absolute Gasteiger partial charge is 0.306 e. The van der Waals surface area contributed by atoms with Crippen molar-refractivity contribution in [1.82, 2.24) is 0 Å². The Kier molecular flexibility index (Phi) is 8.39. The van der Waals surface area contributed by atoms with Crippen molar-refractivity contribution in [2.24, 2.45) is 29.1 Å². The highest BCUT2D eigenvalue weighted by molar-refractivity contribution is 6.04. The Hall–Kier alpha value is -1.50. The predicted octanol–water partition coefficient (Wildman–Crippen LogP) is 5.43. The number of fused-ring (bicyclic) bond motifs is 5. The van der Waals surface area contributed by atoms with E-state index in [1.807, 2.05) is 13.0 Å². The Labute approximate surface area is 228 Å². The van der Waals surface area contributed by atoms with Crippen molar-refractivity contribution in [2.75, 3.05) is 6.61 Å². The molecule has 7 atom stereocenters. The van der Waals surface area contributed by atoms with Gasteiger partial charge in [0.1, 0.15) is 11.2 Å². The summed E-state index contributed by atoms with van der Waals surface area (Å²) in [6.45, 7) is 9.74. The van der Waals surface area contributed by atoms with Crippen LogP contribution in [0, 0.1) is 29.1 Å². The van der Waals surface area contributed by atoms with Crippen LogP contribution in [0.1, 0.15) is 112 Å². The standard InChI is InChI=1S/C32H50O6/c1-6-7-8-9-10-11-12-13-14-15-26(34)38-31-18-22(3)32(37)24(27(31)29(31,4)5)17-23(20-33)19-30(36)25(32)16-21(2)28(30)35/h16-17,22,24-25,27,33,36-37H,6-15,18-20H2,1-5H3/t22-,24+,25-,27-,30+,31+,32-/m0/s1. The van der Waals surface area contributed by atoms with Crippen LogP contribution in [-0.4, -0.2) is 50.5 Å². The van der Waals surface area contributed by atoms with E-state index in [9.17, 15) is 24.9 Å². The van der Waals surface area contributed by atoms with Crippen LogP contribution in [0.2, 0.25) is 0 Å². The highest BCUT2D eigenvalue weighted by Crippen LogP contribution is 2.76. The minimum absolute atomic E-state index is 0.00487. The summed E-state index contributed by atoms with van der Waals surface area (Å²) in [5.41, 5.74) is -3.20. The molecule has 0 aromatic heterocycles. The van der Waals surface area contributed by atoms with Crippen molar-refractivity contribution in [1.29, 1.82) is 0 Å². The molecule has 4 aliphatic carbocycles. The lowest BCUT2D eigenvalue weighted by atomic mass is 9.60. The van der Waals surface area contributed by atoms with E-state index in [-0.39, 0.29) is 42.0 Å². The number of Topliss-reactive ketones (excluding diaryl/α,β-unsaturated/α-hetero) is 1. The zero-order valence-corrected chi connectivity index (χ0v) is 24.2. The van der Waals surface area contributed by atoms with Gasteiger partial charge in [0.15, 0.2) is 5.78 Å². The normalized spacial score (nSPS) is 38.9. The van der Waals surface area contributed by atoms with Gasteiger partial charge in [0.25, 0.3) is 0 Å².